The van der Waals surface area contributed by atoms with Gasteiger partial charge in [0.05, 0.1) is 5.56 Å². The second kappa shape index (κ2) is 8.41. The van der Waals surface area contributed by atoms with E-state index in [-0.39, 0.29) is 24.2 Å². The number of benzene rings is 1. The van der Waals surface area contributed by atoms with Crippen LogP contribution in [0.5, 0.6) is 5.75 Å². The lowest BCUT2D eigenvalue weighted by molar-refractivity contribution is -0.303. The summed E-state index contributed by atoms with van der Waals surface area (Å²) in [6.07, 6.45) is -5.10. The summed E-state index contributed by atoms with van der Waals surface area (Å²) in [7, 11) is 0. The van der Waals surface area contributed by atoms with Gasteiger partial charge in [-0.3, -0.25) is 4.79 Å². The fourth-order valence-corrected chi connectivity index (χ4v) is 1.58. The van der Waals surface area contributed by atoms with Crippen molar-refractivity contribution in [1.29, 1.82) is 0 Å². The van der Waals surface area contributed by atoms with E-state index in [1.807, 2.05) is 0 Å². The summed E-state index contributed by atoms with van der Waals surface area (Å²) in [5.74, 6) is -0.771. The molecule has 0 saturated heterocycles. The number of alkyl halides is 6. The number of aldehydes is 1. The first-order valence-corrected chi connectivity index (χ1v) is 6.60. The van der Waals surface area contributed by atoms with Gasteiger partial charge < -0.3 is 9.47 Å². The first-order chi connectivity index (χ1) is 11.5. The lowest BCUT2D eigenvalue weighted by Crippen LogP contribution is -2.11. The third-order valence-electron chi connectivity index (χ3n) is 2.57. The van der Waals surface area contributed by atoms with Crippen LogP contribution < -0.4 is 4.74 Å². The monoisotopic (exact) mass is 366 g/mol. The molecule has 0 amide bonds. The Morgan fingerprint density at radius 2 is 1.80 bits per heavy atom. The van der Waals surface area contributed by atoms with Crippen molar-refractivity contribution in [3.8, 4) is 5.75 Å². The number of hydrogen-bond acceptors (Lipinski definition) is 3. The van der Waals surface area contributed by atoms with Crippen molar-refractivity contribution in [2.24, 2.45) is 0 Å². The van der Waals surface area contributed by atoms with Crippen LogP contribution in [-0.2, 0) is 10.9 Å². The van der Waals surface area contributed by atoms with Crippen LogP contribution in [0.4, 0.5) is 26.3 Å². The highest BCUT2D eigenvalue weighted by molar-refractivity contribution is 5.76. The van der Waals surface area contributed by atoms with Gasteiger partial charge in [0.25, 0.3) is 0 Å². The van der Waals surface area contributed by atoms with E-state index in [0.717, 1.165) is 24.3 Å². The molecule has 0 N–H and O–H groups in total. The van der Waals surface area contributed by atoms with Gasteiger partial charge in [-0.25, -0.2) is 0 Å². The molecule has 0 aliphatic carbocycles. The summed E-state index contributed by atoms with van der Waals surface area (Å²) >= 11 is 0. The number of rotatable bonds is 7. The maximum absolute atomic E-state index is 12.7. The Hall–Kier alpha value is -2.71. The Morgan fingerprint density at radius 3 is 2.32 bits per heavy atom. The van der Waals surface area contributed by atoms with Crippen molar-refractivity contribution in [1.82, 2.24) is 0 Å². The summed E-state index contributed by atoms with van der Waals surface area (Å²) < 4.78 is 82.7. The number of halogens is 6. The van der Waals surface area contributed by atoms with Crippen LogP contribution in [0, 0.1) is 0 Å². The highest BCUT2D eigenvalue weighted by Gasteiger charge is 2.32. The van der Waals surface area contributed by atoms with E-state index in [1.54, 1.807) is 0 Å². The molecule has 0 aliphatic heterocycles. The predicted octanol–water partition coefficient (Wildman–Crippen LogP) is 5.06. The molecule has 1 rings (SSSR count). The van der Waals surface area contributed by atoms with Gasteiger partial charge in [0.2, 0.25) is 0 Å². The Labute approximate surface area is 138 Å². The van der Waals surface area contributed by atoms with Crippen LogP contribution in [0.25, 0.3) is 0 Å². The molecule has 0 spiro atoms. The Kier molecular flexibility index (Phi) is 6.84. The first-order valence-electron chi connectivity index (χ1n) is 6.60. The highest BCUT2D eigenvalue weighted by atomic mass is 19.4. The average Bonchev–Trinajstić information content (AvgIpc) is 2.51. The van der Waals surface area contributed by atoms with E-state index in [4.69, 9.17) is 4.74 Å². The molecular weight excluding hydrogens is 354 g/mol. The van der Waals surface area contributed by atoms with Crippen LogP contribution in [0.1, 0.15) is 15.9 Å². The average molecular weight is 366 g/mol. The summed E-state index contributed by atoms with van der Waals surface area (Å²) in [5.41, 5.74) is -1.27. The van der Waals surface area contributed by atoms with E-state index < -0.39 is 23.9 Å². The second-order valence-corrected chi connectivity index (χ2v) is 4.47. The smallest absolute Gasteiger partial charge is 0.489 e. The van der Waals surface area contributed by atoms with Crippen molar-refractivity contribution in [2.75, 3.05) is 6.61 Å². The lowest BCUT2D eigenvalue weighted by atomic mass is 10.1. The highest BCUT2D eigenvalue weighted by Crippen LogP contribution is 2.32. The third kappa shape index (κ3) is 7.60. The minimum atomic E-state index is -4.87. The minimum absolute atomic E-state index is 0.207. The molecule has 0 fully saturated rings. The molecule has 0 atom stereocenters. The first kappa shape index (κ1) is 20.3. The molecule has 0 saturated carbocycles. The van der Waals surface area contributed by atoms with Gasteiger partial charge in [0.1, 0.15) is 24.4 Å². The number of allylic oxidation sites excluding steroid dienone is 3. The van der Waals surface area contributed by atoms with Gasteiger partial charge in [-0.15, -0.1) is 13.2 Å². The SMILES string of the molecule is C=C/C(=C\C=C\COc1cc(C=O)cc(C(F)(F)F)c1)OC(F)(F)F. The van der Waals surface area contributed by atoms with Crippen LogP contribution in [-0.4, -0.2) is 19.3 Å². The van der Waals surface area contributed by atoms with Crippen LogP contribution >= 0.6 is 0 Å². The number of hydrogen-bond donors (Lipinski definition) is 0. The van der Waals surface area contributed by atoms with Crippen molar-refractivity contribution >= 4 is 6.29 Å². The van der Waals surface area contributed by atoms with E-state index in [1.165, 1.54) is 6.08 Å². The van der Waals surface area contributed by atoms with Gasteiger partial charge in [-0.05, 0) is 36.4 Å². The zero-order chi connectivity index (χ0) is 19.1. The van der Waals surface area contributed by atoms with E-state index in [0.29, 0.717) is 12.1 Å². The molecule has 25 heavy (non-hydrogen) atoms. The van der Waals surface area contributed by atoms with E-state index in [2.05, 4.69) is 11.3 Å². The van der Waals surface area contributed by atoms with Gasteiger partial charge in [-0.2, -0.15) is 13.2 Å². The Morgan fingerprint density at radius 1 is 1.12 bits per heavy atom. The molecule has 0 aromatic heterocycles. The molecule has 0 unspecified atom stereocenters. The summed E-state index contributed by atoms with van der Waals surface area (Å²) in [6.45, 7) is 2.90. The third-order valence-corrected chi connectivity index (χ3v) is 2.57. The maximum atomic E-state index is 12.7. The van der Waals surface area contributed by atoms with E-state index in [9.17, 15) is 31.1 Å². The maximum Gasteiger partial charge on any atom is 0.573 e. The molecule has 1 aromatic carbocycles. The zero-order valence-electron chi connectivity index (χ0n) is 12.5. The van der Waals surface area contributed by atoms with Crippen molar-refractivity contribution in [2.45, 2.75) is 12.5 Å². The molecule has 0 bridgehead atoms. The van der Waals surface area contributed by atoms with Crippen molar-refractivity contribution in [3.05, 3.63) is 66.0 Å². The fourth-order valence-electron chi connectivity index (χ4n) is 1.58. The molecule has 3 nitrogen and oxygen atoms in total. The largest absolute Gasteiger partial charge is 0.573 e. The molecule has 0 radical (unpaired) electrons. The molecule has 9 heteroatoms. The zero-order valence-corrected chi connectivity index (χ0v) is 12.5. The fraction of sp³-hybridized carbons (Fsp3) is 0.188. The number of carbonyl (C=O) groups is 1. The number of ether oxygens (including phenoxy) is 2. The quantitative estimate of drug-likeness (QED) is 0.293. The molecule has 0 aliphatic rings. The van der Waals surface area contributed by atoms with Gasteiger partial charge in [0.15, 0.2) is 0 Å². The van der Waals surface area contributed by atoms with Crippen molar-refractivity contribution in [3.63, 3.8) is 0 Å². The molecule has 1 aromatic rings. The standard InChI is InChI=1S/C16H12F6O3/c1-2-13(25-16(20,21)22)5-3-4-6-24-14-8-11(10-23)7-12(9-14)15(17,18)19/h2-5,7-10H,1,6H2/b4-3+,13-5+. The Bertz CT molecular complexity index is 671. The minimum Gasteiger partial charge on any atom is -0.489 e. The van der Waals surface area contributed by atoms with Gasteiger partial charge in [0, 0.05) is 5.56 Å². The number of carbonyl (C=O) groups excluding carboxylic acids is 1. The molecular formula is C16H12F6O3. The predicted molar refractivity (Wildman–Crippen MR) is 76.9 cm³/mol. The van der Waals surface area contributed by atoms with Gasteiger partial charge in [-0.1, -0.05) is 12.7 Å². The van der Waals surface area contributed by atoms with Gasteiger partial charge >= 0.3 is 12.5 Å². The molecule has 0 heterocycles. The second-order valence-electron chi connectivity index (χ2n) is 4.47. The molecule has 136 valence electrons. The van der Waals surface area contributed by atoms with Crippen LogP contribution in [0.15, 0.2) is 54.8 Å². The summed E-state index contributed by atoms with van der Waals surface area (Å²) in [5, 5.41) is 0. The topological polar surface area (TPSA) is 35.5 Å². The van der Waals surface area contributed by atoms with Crippen LogP contribution in [0.2, 0.25) is 0 Å². The Balaban J connectivity index is 2.75. The summed E-state index contributed by atoms with van der Waals surface area (Å²) in [4.78, 5) is 10.7. The van der Waals surface area contributed by atoms with Crippen LogP contribution in [0.3, 0.4) is 0 Å². The summed E-state index contributed by atoms with van der Waals surface area (Å²) in [6, 6.07) is 2.48. The van der Waals surface area contributed by atoms with Crippen molar-refractivity contribution < 1.29 is 40.6 Å². The normalized spacial score (nSPS) is 13.0. The lowest BCUT2D eigenvalue weighted by Gasteiger charge is -2.10. The van der Waals surface area contributed by atoms with E-state index >= 15 is 0 Å².